The van der Waals surface area contributed by atoms with Gasteiger partial charge in [-0.15, -0.1) is 10.2 Å². The number of quaternary nitrogens is 4. The van der Waals surface area contributed by atoms with Gasteiger partial charge in [-0.1, -0.05) is 34.7 Å². The molecule has 2 aromatic heterocycles. The van der Waals surface area contributed by atoms with Crippen LogP contribution in [0.15, 0.2) is 85.2 Å². The average Bonchev–Trinajstić information content (AvgIpc) is 4.09. The maximum atomic E-state index is 10.5. The number of hydrogen-bond acceptors (Lipinski definition) is 16. The highest BCUT2D eigenvalue weighted by Crippen LogP contribution is 2.33. The average molecular weight is 1160 g/mol. The Morgan fingerprint density at radius 2 is 0.688 bits per heavy atom. The summed E-state index contributed by atoms with van der Waals surface area (Å²) in [5, 5.41) is 55.2. The molecule has 6 rings (SSSR count). The SMILES string of the molecule is O=C([O-])C(F)(F)F.O=C([O-])C(F)(F)F.O=C([O-])C(F)(F)F.O=C([O-])C(F)(F)F.[NH3+]CCCOc1ccc(-n2cc(-c3ccc4ccc(-c5cn(-c6ccc(OCCC[NH3+])c(OCCC[NH3+])c6)nn5)cc4c3)nn2)cc1OCCC[NH3+]. The fourth-order valence-corrected chi connectivity index (χ4v) is 5.49. The molecule has 0 saturated carbocycles. The summed E-state index contributed by atoms with van der Waals surface area (Å²) in [5.41, 5.74) is 20.7. The number of ether oxygens (including phenoxy) is 4. The Hall–Kier alpha value is -8.50. The molecule has 0 atom stereocenters. The van der Waals surface area contributed by atoms with Crippen molar-refractivity contribution in [3.63, 3.8) is 0 Å². The monoisotopic (exact) mass is 1160 g/mol. The van der Waals surface area contributed by atoms with Crippen LogP contribution < -0.4 is 62.3 Å². The van der Waals surface area contributed by atoms with Crippen LogP contribution in [0.2, 0.25) is 0 Å². The summed E-state index contributed by atoms with van der Waals surface area (Å²) in [6.07, 6.45) is -13.5. The van der Waals surface area contributed by atoms with Crippen molar-refractivity contribution in [1.82, 2.24) is 30.0 Å². The second-order valence-electron chi connectivity index (χ2n) is 15.5. The standard InChI is InChI=1S/C38H46N10O4.4C2HF3O2/c39-13-1-17-49-35-11-9-31(23-37(35)51-19-3-15-41)47-25-33(43-45-47)28-7-5-27-6-8-29(22-30(27)21-28)34-26-48(46-44-34)32-10-12-36(50-18-2-14-40)38(24-32)52-20-4-16-42;4*3-2(4,5)1(6)7/h5-12,21-26H,1-4,13-20,39-42H2;4*(H,6,7). The third-order valence-electron chi connectivity index (χ3n) is 9.34. The lowest BCUT2D eigenvalue weighted by Crippen LogP contribution is -2.50. The molecule has 0 amide bonds. The number of aromatic nitrogens is 6. The number of rotatable bonds is 20. The van der Waals surface area contributed by atoms with Crippen LogP contribution in [0.1, 0.15) is 25.7 Å². The van der Waals surface area contributed by atoms with Crippen molar-refractivity contribution in [3.05, 3.63) is 85.2 Å². The molecule has 0 fully saturated rings. The highest BCUT2D eigenvalue weighted by Gasteiger charge is 2.31. The van der Waals surface area contributed by atoms with Crippen LogP contribution in [-0.2, 0) is 19.2 Å². The molecule has 6 aromatic rings. The number of carboxylic acid groups (broad SMARTS) is 4. The molecule has 0 unspecified atom stereocenters. The van der Waals surface area contributed by atoms with Gasteiger partial charge in [-0.3, -0.25) is 0 Å². The van der Waals surface area contributed by atoms with Crippen molar-refractivity contribution >= 4 is 34.6 Å². The van der Waals surface area contributed by atoms with Gasteiger partial charge < -0.3 is 81.5 Å². The van der Waals surface area contributed by atoms with Crippen molar-refractivity contribution in [2.75, 3.05) is 52.6 Å². The summed E-state index contributed by atoms with van der Waals surface area (Å²) in [6, 6.07) is 24.2. The van der Waals surface area contributed by atoms with Gasteiger partial charge >= 0.3 is 24.7 Å². The van der Waals surface area contributed by atoms with Gasteiger partial charge in [0.1, 0.15) is 35.3 Å². The first kappa shape index (κ1) is 67.6. The highest BCUT2D eigenvalue weighted by molar-refractivity contribution is 5.90. The number of halogens is 12. The lowest BCUT2D eigenvalue weighted by molar-refractivity contribution is -0.369. The number of fused-ring (bicyclic) bond motifs is 1. The number of alkyl halides is 12. The first-order valence-corrected chi connectivity index (χ1v) is 22.9. The topological polar surface area (TPSA) is 369 Å². The molecule has 34 heteroatoms. The van der Waals surface area contributed by atoms with Gasteiger partial charge in [-0.2, -0.15) is 52.7 Å². The van der Waals surface area contributed by atoms with E-state index >= 15 is 0 Å². The normalized spacial score (nSPS) is 11.2. The van der Waals surface area contributed by atoms with Gasteiger partial charge in [0.15, 0.2) is 23.0 Å². The summed E-state index contributed by atoms with van der Waals surface area (Å²) < 4.78 is 154. The van der Waals surface area contributed by atoms with Crippen molar-refractivity contribution in [3.8, 4) is 56.9 Å². The predicted molar refractivity (Wildman–Crippen MR) is 240 cm³/mol. The van der Waals surface area contributed by atoms with Crippen LogP contribution in [0.25, 0.3) is 44.7 Å². The fourth-order valence-electron chi connectivity index (χ4n) is 5.49. The van der Waals surface area contributed by atoms with Gasteiger partial charge in [0.05, 0.1) is 76.4 Å². The van der Waals surface area contributed by atoms with Gasteiger partial charge in [0.25, 0.3) is 0 Å². The first-order valence-electron chi connectivity index (χ1n) is 22.9. The number of benzene rings is 4. The minimum Gasteiger partial charge on any atom is -0.542 e. The predicted octanol–water partition coefficient (Wildman–Crippen LogP) is -1.43. The Bertz CT molecular complexity index is 2680. The minimum absolute atomic E-state index is 0.560. The number of aliphatic carboxylic acids is 4. The zero-order valence-corrected chi connectivity index (χ0v) is 41.5. The number of carbonyl (C=O) groups is 4. The third-order valence-corrected chi connectivity index (χ3v) is 9.34. The second-order valence-corrected chi connectivity index (χ2v) is 15.5. The van der Waals surface area contributed by atoms with Gasteiger partial charge in [-0.05, 0) is 47.2 Å². The molecule has 4 aromatic carbocycles. The molecule has 2 heterocycles. The summed E-state index contributed by atoms with van der Waals surface area (Å²) in [4.78, 5) is 35.1. The van der Waals surface area contributed by atoms with Gasteiger partial charge in [0.2, 0.25) is 0 Å². The molecule has 440 valence electrons. The Kier molecular flexibility index (Phi) is 26.9. The number of hydrogen-bond donors (Lipinski definition) is 4. The van der Waals surface area contributed by atoms with Crippen LogP contribution in [0.3, 0.4) is 0 Å². The Balaban J connectivity index is 0.000000638. The highest BCUT2D eigenvalue weighted by atomic mass is 19.4. The Morgan fingerprint density at radius 3 is 0.950 bits per heavy atom. The van der Waals surface area contributed by atoms with E-state index in [-0.39, 0.29) is 0 Å². The molecule has 0 aliphatic carbocycles. The minimum atomic E-state index is -5.19. The first-order chi connectivity index (χ1) is 37.4. The van der Waals surface area contributed by atoms with E-state index < -0.39 is 48.6 Å². The largest absolute Gasteiger partial charge is 0.542 e. The maximum absolute atomic E-state index is 10.5. The molecule has 0 aliphatic heterocycles. The molecule has 0 aliphatic rings. The summed E-state index contributed by atoms with van der Waals surface area (Å²) in [7, 11) is 0. The zero-order chi connectivity index (χ0) is 60.4. The third kappa shape index (κ3) is 23.6. The molecule has 0 saturated heterocycles. The second kappa shape index (κ2) is 31.8. The molecule has 80 heavy (non-hydrogen) atoms. The molecule has 0 radical (unpaired) electrons. The van der Waals surface area contributed by atoms with Crippen molar-refractivity contribution in [2.24, 2.45) is 0 Å². The molecule has 0 bridgehead atoms. The van der Waals surface area contributed by atoms with Crippen molar-refractivity contribution in [1.29, 1.82) is 0 Å². The van der Waals surface area contributed by atoms with Gasteiger partial charge in [0, 0.05) is 48.9 Å². The maximum Gasteiger partial charge on any atom is 0.430 e. The number of nitrogens with zero attached hydrogens (tertiary/aromatic N) is 6. The van der Waals surface area contributed by atoms with Crippen molar-refractivity contribution < 1.29 is 134 Å². The van der Waals surface area contributed by atoms with E-state index in [1.165, 1.54) is 0 Å². The van der Waals surface area contributed by atoms with E-state index in [2.05, 4.69) is 80.0 Å². The molecule has 0 spiro atoms. The molecular formula is C46H50F12N10O12. The molecule has 22 nitrogen and oxygen atoms in total. The van der Waals surface area contributed by atoms with E-state index in [4.69, 9.17) is 58.6 Å². The van der Waals surface area contributed by atoms with E-state index in [0.29, 0.717) is 49.4 Å². The van der Waals surface area contributed by atoms with Gasteiger partial charge in [-0.25, -0.2) is 9.36 Å². The van der Waals surface area contributed by atoms with Crippen LogP contribution in [0.5, 0.6) is 23.0 Å². The van der Waals surface area contributed by atoms with Crippen LogP contribution in [-0.4, -0.2) is 131 Å². The smallest absolute Gasteiger partial charge is 0.430 e. The molecular weight excluding hydrogens is 1110 g/mol. The summed E-state index contributed by atoms with van der Waals surface area (Å²) in [5.74, 6) is -9.27. The van der Waals surface area contributed by atoms with E-state index in [1.54, 1.807) is 9.36 Å². The lowest BCUT2D eigenvalue weighted by atomic mass is 10.0. The van der Waals surface area contributed by atoms with E-state index in [9.17, 15) is 52.7 Å². The van der Waals surface area contributed by atoms with Crippen LogP contribution in [0.4, 0.5) is 52.7 Å². The van der Waals surface area contributed by atoms with Crippen molar-refractivity contribution in [2.45, 2.75) is 50.4 Å². The quantitative estimate of drug-likeness (QED) is 0.0503. The number of carboxylic acids is 4. The zero-order valence-electron chi connectivity index (χ0n) is 41.5. The van der Waals surface area contributed by atoms with E-state index in [1.807, 2.05) is 48.8 Å². The van der Waals surface area contributed by atoms with Crippen LogP contribution >= 0.6 is 0 Å². The van der Waals surface area contributed by atoms with E-state index in [0.717, 1.165) is 96.5 Å². The fraction of sp³-hybridized carbons (Fsp3) is 0.348. The van der Waals surface area contributed by atoms with Crippen LogP contribution in [0, 0.1) is 0 Å². The lowest BCUT2D eigenvalue weighted by Gasteiger charge is -2.13. The Labute approximate surface area is 443 Å². The number of carbonyl (C=O) groups excluding carboxylic acids is 4. The molecule has 12 N–H and O–H groups in total. The summed E-state index contributed by atoms with van der Waals surface area (Å²) >= 11 is 0. The Morgan fingerprint density at radius 1 is 0.412 bits per heavy atom. The summed E-state index contributed by atoms with van der Waals surface area (Å²) in [6.45, 7) is 5.51.